The van der Waals surface area contributed by atoms with Gasteiger partial charge in [0.25, 0.3) is 5.91 Å². The Kier molecular flexibility index (Phi) is 6.26. The van der Waals surface area contributed by atoms with Crippen LogP contribution in [0.4, 0.5) is 8.78 Å². The van der Waals surface area contributed by atoms with Crippen molar-refractivity contribution in [2.24, 2.45) is 0 Å². The lowest BCUT2D eigenvalue weighted by atomic mass is 10.1. The quantitative estimate of drug-likeness (QED) is 0.817. The molecule has 0 saturated carbocycles. The molecule has 0 aliphatic heterocycles. The van der Waals surface area contributed by atoms with Crippen molar-refractivity contribution in [1.29, 1.82) is 0 Å². The van der Waals surface area contributed by atoms with E-state index in [1.807, 2.05) is 6.92 Å². The van der Waals surface area contributed by atoms with E-state index in [-0.39, 0.29) is 13.2 Å². The lowest BCUT2D eigenvalue weighted by molar-refractivity contribution is -0.123. The van der Waals surface area contributed by atoms with Crippen molar-refractivity contribution in [2.75, 3.05) is 6.61 Å². The number of halogens is 2. The van der Waals surface area contributed by atoms with Gasteiger partial charge in [0.1, 0.15) is 17.4 Å². The van der Waals surface area contributed by atoms with Crippen molar-refractivity contribution in [1.82, 2.24) is 5.32 Å². The Morgan fingerprint density at radius 1 is 1.17 bits per heavy atom. The van der Waals surface area contributed by atoms with Gasteiger partial charge >= 0.3 is 0 Å². The molecule has 0 aliphatic carbocycles. The van der Waals surface area contributed by atoms with Crippen LogP contribution in [0.25, 0.3) is 0 Å². The molecule has 2 rings (SSSR count). The SMILES string of the molecule is CC[C@H](O)c1ccc(OCC(=O)NCc2cc(F)cc(F)c2)cc1. The van der Waals surface area contributed by atoms with E-state index in [1.165, 1.54) is 0 Å². The summed E-state index contributed by atoms with van der Waals surface area (Å²) in [5.74, 6) is -1.29. The van der Waals surface area contributed by atoms with Gasteiger partial charge in [-0.1, -0.05) is 19.1 Å². The summed E-state index contributed by atoms with van der Waals surface area (Å²) in [4.78, 5) is 11.7. The third kappa shape index (κ3) is 5.31. The molecule has 128 valence electrons. The van der Waals surface area contributed by atoms with E-state index < -0.39 is 23.6 Å². The van der Waals surface area contributed by atoms with Gasteiger partial charge in [-0.3, -0.25) is 4.79 Å². The van der Waals surface area contributed by atoms with Crippen molar-refractivity contribution in [3.8, 4) is 5.75 Å². The Labute approximate surface area is 139 Å². The number of amides is 1. The van der Waals surface area contributed by atoms with E-state index in [2.05, 4.69) is 5.32 Å². The number of nitrogens with one attached hydrogen (secondary N) is 1. The zero-order valence-corrected chi connectivity index (χ0v) is 13.3. The average molecular weight is 335 g/mol. The van der Waals surface area contributed by atoms with Gasteiger partial charge in [-0.2, -0.15) is 0 Å². The van der Waals surface area contributed by atoms with E-state index in [4.69, 9.17) is 4.74 Å². The number of carbonyl (C=O) groups excluding carboxylic acids is 1. The predicted molar refractivity (Wildman–Crippen MR) is 85.4 cm³/mol. The highest BCUT2D eigenvalue weighted by Crippen LogP contribution is 2.19. The normalized spacial score (nSPS) is 11.8. The summed E-state index contributed by atoms with van der Waals surface area (Å²) in [5.41, 5.74) is 1.11. The summed E-state index contributed by atoms with van der Waals surface area (Å²) < 4.78 is 31.4. The molecule has 2 aromatic carbocycles. The van der Waals surface area contributed by atoms with Crippen LogP contribution in [0, 0.1) is 11.6 Å². The molecular formula is C18H19F2NO3. The van der Waals surface area contributed by atoms with Crippen LogP contribution in [-0.2, 0) is 11.3 Å². The van der Waals surface area contributed by atoms with Crippen molar-refractivity contribution in [3.05, 3.63) is 65.2 Å². The van der Waals surface area contributed by atoms with E-state index >= 15 is 0 Å². The van der Waals surface area contributed by atoms with Gasteiger partial charge in [0.2, 0.25) is 0 Å². The number of benzene rings is 2. The molecule has 0 aliphatic rings. The first-order chi connectivity index (χ1) is 11.5. The number of aliphatic hydroxyl groups is 1. The molecule has 2 N–H and O–H groups in total. The van der Waals surface area contributed by atoms with Crippen LogP contribution in [0.1, 0.15) is 30.6 Å². The molecule has 0 unspecified atom stereocenters. The minimum absolute atomic E-state index is 0.0124. The molecule has 0 aromatic heterocycles. The molecule has 0 radical (unpaired) electrons. The third-order valence-electron chi connectivity index (χ3n) is 3.43. The van der Waals surface area contributed by atoms with E-state index in [0.717, 1.165) is 23.8 Å². The number of rotatable bonds is 7. The zero-order chi connectivity index (χ0) is 17.5. The minimum Gasteiger partial charge on any atom is -0.484 e. The summed E-state index contributed by atoms with van der Waals surface area (Å²) in [6, 6.07) is 9.89. The number of hydrogen-bond donors (Lipinski definition) is 2. The molecule has 0 spiro atoms. The Balaban J connectivity index is 1.80. The molecule has 0 saturated heterocycles. The minimum atomic E-state index is -0.690. The van der Waals surface area contributed by atoms with Gasteiger partial charge in [0.15, 0.2) is 6.61 Å². The summed E-state index contributed by atoms with van der Waals surface area (Å²) in [6.45, 7) is 1.68. The zero-order valence-electron chi connectivity index (χ0n) is 13.3. The first-order valence-electron chi connectivity index (χ1n) is 7.60. The number of carbonyl (C=O) groups is 1. The number of hydrogen-bond acceptors (Lipinski definition) is 3. The molecule has 2 aromatic rings. The molecule has 24 heavy (non-hydrogen) atoms. The largest absolute Gasteiger partial charge is 0.484 e. The Morgan fingerprint density at radius 3 is 2.38 bits per heavy atom. The van der Waals surface area contributed by atoms with Crippen molar-refractivity contribution >= 4 is 5.91 Å². The second-order valence-corrected chi connectivity index (χ2v) is 5.34. The van der Waals surface area contributed by atoms with Crippen LogP contribution in [0.5, 0.6) is 5.75 Å². The lowest BCUT2D eigenvalue weighted by Gasteiger charge is -2.10. The molecule has 0 heterocycles. The fourth-order valence-electron chi connectivity index (χ4n) is 2.14. The van der Waals surface area contributed by atoms with Crippen LogP contribution in [0.2, 0.25) is 0 Å². The molecule has 1 atom stereocenters. The molecule has 4 nitrogen and oxygen atoms in total. The summed E-state index contributed by atoms with van der Waals surface area (Å²) in [5, 5.41) is 12.2. The van der Waals surface area contributed by atoms with Crippen molar-refractivity contribution < 1.29 is 23.4 Å². The standard InChI is InChI=1S/C18H19F2NO3/c1-2-17(22)13-3-5-16(6-4-13)24-11-18(23)21-10-12-7-14(19)9-15(20)8-12/h3-9,17,22H,2,10-11H2,1H3,(H,21,23)/t17-/m0/s1. The second kappa shape index (κ2) is 8.40. The van der Waals surface area contributed by atoms with Gasteiger partial charge in [0, 0.05) is 12.6 Å². The maximum Gasteiger partial charge on any atom is 0.258 e. The summed E-state index contributed by atoms with van der Waals surface area (Å²) >= 11 is 0. The van der Waals surface area contributed by atoms with Gasteiger partial charge in [-0.05, 0) is 41.8 Å². The van der Waals surface area contributed by atoms with Crippen LogP contribution in [0.3, 0.4) is 0 Å². The summed E-state index contributed by atoms with van der Waals surface area (Å²) in [7, 11) is 0. The predicted octanol–water partition coefficient (Wildman–Crippen LogP) is 3.10. The van der Waals surface area contributed by atoms with Crippen molar-refractivity contribution in [2.45, 2.75) is 26.0 Å². The fraction of sp³-hybridized carbons (Fsp3) is 0.278. The molecule has 1 amide bonds. The Bertz CT molecular complexity index is 669. The molecule has 6 heteroatoms. The topological polar surface area (TPSA) is 58.6 Å². The van der Waals surface area contributed by atoms with E-state index in [1.54, 1.807) is 24.3 Å². The first-order valence-corrected chi connectivity index (χ1v) is 7.60. The van der Waals surface area contributed by atoms with Crippen LogP contribution in [0.15, 0.2) is 42.5 Å². The number of ether oxygens (including phenoxy) is 1. The highest BCUT2D eigenvalue weighted by Gasteiger charge is 2.07. The van der Waals surface area contributed by atoms with Crippen molar-refractivity contribution in [3.63, 3.8) is 0 Å². The molecule has 0 fully saturated rings. The highest BCUT2D eigenvalue weighted by atomic mass is 19.1. The fourth-order valence-corrected chi connectivity index (χ4v) is 2.14. The highest BCUT2D eigenvalue weighted by molar-refractivity contribution is 5.77. The van der Waals surface area contributed by atoms with Gasteiger partial charge in [0.05, 0.1) is 6.10 Å². The van der Waals surface area contributed by atoms with E-state index in [0.29, 0.717) is 17.7 Å². The molecule has 0 bridgehead atoms. The second-order valence-electron chi connectivity index (χ2n) is 5.34. The van der Waals surface area contributed by atoms with Crippen LogP contribution in [-0.4, -0.2) is 17.6 Å². The number of aliphatic hydroxyl groups excluding tert-OH is 1. The summed E-state index contributed by atoms with van der Waals surface area (Å²) in [6.07, 6.45) is 0.0949. The smallest absolute Gasteiger partial charge is 0.258 e. The Hall–Kier alpha value is -2.47. The van der Waals surface area contributed by atoms with Gasteiger partial charge in [-0.15, -0.1) is 0 Å². The Morgan fingerprint density at radius 2 is 1.79 bits per heavy atom. The monoisotopic (exact) mass is 335 g/mol. The van der Waals surface area contributed by atoms with E-state index in [9.17, 15) is 18.7 Å². The van der Waals surface area contributed by atoms with Crippen LogP contribution >= 0.6 is 0 Å². The average Bonchev–Trinajstić information content (AvgIpc) is 2.57. The van der Waals surface area contributed by atoms with Gasteiger partial charge < -0.3 is 15.2 Å². The third-order valence-corrected chi connectivity index (χ3v) is 3.43. The maximum atomic E-state index is 13.0. The van der Waals surface area contributed by atoms with Gasteiger partial charge in [-0.25, -0.2) is 8.78 Å². The molecular weight excluding hydrogens is 316 g/mol. The first kappa shape index (κ1) is 17.9. The lowest BCUT2D eigenvalue weighted by Crippen LogP contribution is -2.28. The van der Waals surface area contributed by atoms with Crippen LogP contribution < -0.4 is 10.1 Å². The maximum absolute atomic E-state index is 13.0.